The van der Waals surface area contributed by atoms with Crippen molar-refractivity contribution in [1.29, 1.82) is 0 Å². The Hall–Kier alpha value is -0.250. The molecule has 2 rings (SSSR count). The first kappa shape index (κ1) is 16.1. The maximum atomic E-state index is 13.8. The van der Waals surface area contributed by atoms with Crippen LogP contribution in [-0.2, 0) is 4.79 Å². The summed E-state index contributed by atoms with van der Waals surface area (Å²) in [5.74, 6) is 1.60. The van der Waals surface area contributed by atoms with Crippen molar-refractivity contribution in [3.05, 3.63) is 0 Å². The highest BCUT2D eigenvalue weighted by atomic mass is 32.2. The summed E-state index contributed by atoms with van der Waals surface area (Å²) in [5, 5.41) is 0.627. The van der Waals surface area contributed by atoms with E-state index in [9.17, 15) is 9.18 Å². The van der Waals surface area contributed by atoms with Crippen LogP contribution in [0.4, 0.5) is 4.39 Å². The Labute approximate surface area is 126 Å². The lowest BCUT2D eigenvalue weighted by atomic mass is 9.84. The Balaban J connectivity index is 1.73. The number of amides is 1. The number of halogens is 1. The molecule has 2 fully saturated rings. The normalized spacial score (nSPS) is 30.4. The molecule has 3 atom stereocenters. The van der Waals surface area contributed by atoms with Gasteiger partial charge in [-0.25, -0.2) is 4.39 Å². The quantitative estimate of drug-likeness (QED) is 0.738. The molecule has 1 heterocycles. The van der Waals surface area contributed by atoms with Crippen LogP contribution in [-0.4, -0.2) is 41.1 Å². The van der Waals surface area contributed by atoms with Gasteiger partial charge in [-0.15, -0.1) is 0 Å². The number of thioether (sulfide) groups is 1. The summed E-state index contributed by atoms with van der Waals surface area (Å²) in [7, 11) is 0. The van der Waals surface area contributed by atoms with Gasteiger partial charge in [0.05, 0.1) is 0 Å². The average molecular weight is 301 g/mol. The second kappa shape index (κ2) is 8.26. The summed E-state index contributed by atoms with van der Waals surface area (Å²) in [6, 6.07) is 0. The smallest absolute Gasteiger partial charge is 0.222 e. The van der Waals surface area contributed by atoms with E-state index < -0.39 is 6.17 Å². The van der Waals surface area contributed by atoms with Crippen LogP contribution in [0.1, 0.15) is 58.3 Å². The average Bonchev–Trinajstić information content (AvgIpc) is 2.96. The van der Waals surface area contributed by atoms with Crippen molar-refractivity contribution in [2.75, 3.05) is 18.8 Å². The fourth-order valence-electron chi connectivity index (χ4n) is 3.40. The van der Waals surface area contributed by atoms with E-state index in [-0.39, 0.29) is 11.8 Å². The number of carbonyl (C=O) groups is 1. The Bertz CT molecular complexity index is 307. The van der Waals surface area contributed by atoms with Crippen LogP contribution in [0.5, 0.6) is 0 Å². The Morgan fingerprint density at radius 2 is 2.05 bits per heavy atom. The second-order valence-electron chi connectivity index (χ2n) is 6.17. The van der Waals surface area contributed by atoms with E-state index in [0.717, 1.165) is 38.8 Å². The zero-order chi connectivity index (χ0) is 14.4. The van der Waals surface area contributed by atoms with E-state index in [0.29, 0.717) is 18.1 Å². The number of hydrogen-bond acceptors (Lipinski definition) is 2. The van der Waals surface area contributed by atoms with E-state index in [1.54, 1.807) is 0 Å². The zero-order valence-electron chi connectivity index (χ0n) is 12.7. The predicted molar refractivity (Wildman–Crippen MR) is 83.8 cm³/mol. The van der Waals surface area contributed by atoms with Crippen LogP contribution in [0.15, 0.2) is 0 Å². The fraction of sp³-hybridized carbons (Fsp3) is 0.938. The molecular formula is C16H28FNOS. The Kier molecular flexibility index (Phi) is 6.66. The number of nitrogens with zero attached hydrogens (tertiary/aromatic N) is 1. The van der Waals surface area contributed by atoms with Gasteiger partial charge in [0.1, 0.15) is 6.17 Å². The molecule has 0 aromatic carbocycles. The number of hydrogen-bond donors (Lipinski definition) is 0. The molecule has 116 valence electrons. The van der Waals surface area contributed by atoms with Gasteiger partial charge in [-0.05, 0) is 50.7 Å². The zero-order valence-corrected chi connectivity index (χ0v) is 13.5. The van der Waals surface area contributed by atoms with Gasteiger partial charge >= 0.3 is 0 Å². The predicted octanol–water partition coefficient (Wildman–Crippen LogP) is 4.04. The molecule has 1 saturated heterocycles. The highest BCUT2D eigenvalue weighted by molar-refractivity contribution is 8.00. The van der Waals surface area contributed by atoms with Crippen molar-refractivity contribution in [2.45, 2.75) is 69.7 Å². The summed E-state index contributed by atoms with van der Waals surface area (Å²) < 4.78 is 13.8. The van der Waals surface area contributed by atoms with Gasteiger partial charge in [-0.1, -0.05) is 12.8 Å². The molecule has 1 aliphatic carbocycles. The molecule has 0 aromatic heterocycles. The molecular weight excluding hydrogens is 273 g/mol. The first-order chi connectivity index (χ1) is 9.70. The van der Waals surface area contributed by atoms with Gasteiger partial charge in [-0.2, -0.15) is 11.8 Å². The molecule has 0 aromatic rings. The Morgan fingerprint density at radius 3 is 2.70 bits per heavy atom. The van der Waals surface area contributed by atoms with Crippen LogP contribution >= 0.6 is 11.8 Å². The van der Waals surface area contributed by atoms with E-state index in [4.69, 9.17) is 0 Å². The molecule has 4 heteroatoms. The molecule has 0 bridgehead atoms. The van der Waals surface area contributed by atoms with Crippen molar-refractivity contribution in [1.82, 2.24) is 4.90 Å². The standard InChI is InChI=1S/C16H28FNOS/c1-2-18(12-14-7-5-11-20-14)16(19)10-9-13-6-3-4-8-15(13)17/h13-15H,2-12H2,1H3. The highest BCUT2D eigenvalue weighted by Gasteiger charge is 2.26. The topological polar surface area (TPSA) is 20.3 Å². The van der Waals surface area contributed by atoms with Crippen LogP contribution < -0.4 is 0 Å². The third-order valence-corrected chi connectivity index (χ3v) is 6.11. The molecule has 1 saturated carbocycles. The molecule has 0 N–H and O–H groups in total. The minimum atomic E-state index is -0.669. The van der Waals surface area contributed by atoms with Crippen molar-refractivity contribution >= 4 is 17.7 Å². The summed E-state index contributed by atoms with van der Waals surface area (Å²) in [6.45, 7) is 3.74. The molecule has 1 amide bonds. The van der Waals surface area contributed by atoms with Gasteiger partial charge < -0.3 is 4.90 Å². The number of rotatable bonds is 6. The molecule has 3 unspecified atom stereocenters. The largest absolute Gasteiger partial charge is 0.342 e. The molecule has 0 radical (unpaired) electrons. The van der Waals surface area contributed by atoms with Crippen LogP contribution in [0, 0.1) is 5.92 Å². The third-order valence-electron chi connectivity index (χ3n) is 4.73. The van der Waals surface area contributed by atoms with E-state index in [1.165, 1.54) is 18.6 Å². The lowest BCUT2D eigenvalue weighted by Crippen LogP contribution is -2.36. The number of alkyl halides is 1. The molecule has 1 aliphatic heterocycles. The van der Waals surface area contributed by atoms with Crippen molar-refractivity contribution in [3.8, 4) is 0 Å². The first-order valence-electron chi connectivity index (χ1n) is 8.24. The Morgan fingerprint density at radius 1 is 1.25 bits per heavy atom. The van der Waals surface area contributed by atoms with E-state index in [1.807, 2.05) is 16.7 Å². The second-order valence-corrected chi connectivity index (χ2v) is 7.57. The van der Waals surface area contributed by atoms with Crippen molar-refractivity contribution < 1.29 is 9.18 Å². The third kappa shape index (κ3) is 4.64. The summed E-state index contributed by atoms with van der Waals surface area (Å²) in [5.41, 5.74) is 0. The lowest BCUT2D eigenvalue weighted by Gasteiger charge is -2.28. The van der Waals surface area contributed by atoms with Gasteiger partial charge in [-0.3, -0.25) is 4.79 Å². The van der Waals surface area contributed by atoms with Gasteiger partial charge in [0.15, 0.2) is 0 Å². The fourth-order valence-corrected chi connectivity index (χ4v) is 4.68. The van der Waals surface area contributed by atoms with Gasteiger partial charge in [0.25, 0.3) is 0 Å². The maximum Gasteiger partial charge on any atom is 0.222 e. The van der Waals surface area contributed by atoms with E-state index in [2.05, 4.69) is 6.92 Å². The van der Waals surface area contributed by atoms with E-state index >= 15 is 0 Å². The molecule has 2 aliphatic rings. The minimum absolute atomic E-state index is 0.132. The molecule has 20 heavy (non-hydrogen) atoms. The number of carbonyl (C=O) groups excluding carboxylic acids is 1. The van der Waals surface area contributed by atoms with Crippen LogP contribution in [0.2, 0.25) is 0 Å². The van der Waals surface area contributed by atoms with Gasteiger partial charge in [0.2, 0.25) is 5.91 Å². The summed E-state index contributed by atoms with van der Waals surface area (Å²) >= 11 is 2.00. The highest BCUT2D eigenvalue weighted by Crippen LogP contribution is 2.31. The molecule has 2 nitrogen and oxygen atoms in total. The maximum absolute atomic E-state index is 13.8. The van der Waals surface area contributed by atoms with Gasteiger partial charge in [0, 0.05) is 24.8 Å². The first-order valence-corrected chi connectivity index (χ1v) is 9.29. The van der Waals surface area contributed by atoms with Crippen LogP contribution in [0.3, 0.4) is 0 Å². The lowest BCUT2D eigenvalue weighted by molar-refractivity contribution is -0.131. The summed E-state index contributed by atoms with van der Waals surface area (Å²) in [6.07, 6.45) is 6.97. The van der Waals surface area contributed by atoms with Crippen LogP contribution in [0.25, 0.3) is 0 Å². The monoisotopic (exact) mass is 301 g/mol. The molecule has 0 spiro atoms. The van der Waals surface area contributed by atoms with Crippen molar-refractivity contribution in [2.24, 2.45) is 5.92 Å². The SMILES string of the molecule is CCN(CC1CCCS1)C(=O)CCC1CCCCC1F. The minimum Gasteiger partial charge on any atom is -0.342 e. The van der Waals surface area contributed by atoms with Crippen molar-refractivity contribution in [3.63, 3.8) is 0 Å². The summed E-state index contributed by atoms with van der Waals surface area (Å²) in [4.78, 5) is 14.3.